The molecule has 1 aromatic rings. The fourth-order valence-electron chi connectivity index (χ4n) is 1.87. The Labute approximate surface area is 93.6 Å². The van der Waals surface area contributed by atoms with Crippen LogP contribution in [-0.4, -0.2) is 26.0 Å². The van der Waals surface area contributed by atoms with Crippen LogP contribution in [0.25, 0.3) is 0 Å². The van der Waals surface area contributed by atoms with Crippen LogP contribution in [0.15, 0.2) is 12.1 Å². The molecule has 0 aromatic heterocycles. The Morgan fingerprint density at radius 1 is 1.56 bits per heavy atom. The van der Waals surface area contributed by atoms with Gasteiger partial charge in [-0.3, -0.25) is 4.79 Å². The summed E-state index contributed by atoms with van der Waals surface area (Å²) >= 11 is 0. The van der Waals surface area contributed by atoms with E-state index >= 15 is 0 Å². The number of carbonyl (C=O) groups is 1. The highest BCUT2D eigenvalue weighted by Crippen LogP contribution is 2.24. The highest BCUT2D eigenvalue weighted by Gasteiger charge is 2.20. The van der Waals surface area contributed by atoms with Gasteiger partial charge in [-0.1, -0.05) is 0 Å². The fraction of sp³-hybridized carbons (Fsp3) is 0.417. The van der Waals surface area contributed by atoms with E-state index in [0.717, 1.165) is 12.8 Å². The number of rotatable bonds is 2. The average molecular weight is 223 g/mol. The molecule has 1 unspecified atom stereocenters. The Bertz CT molecular complexity index is 400. The molecule has 1 fully saturated rings. The molecule has 1 aliphatic rings. The molecule has 0 saturated carbocycles. The van der Waals surface area contributed by atoms with Gasteiger partial charge in [0.05, 0.1) is 12.7 Å². The van der Waals surface area contributed by atoms with Crippen LogP contribution in [0.3, 0.4) is 0 Å². The largest absolute Gasteiger partial charge is 0.371 e. The molecule has 0 amide bonds. The molecule has 1 heterocycles. The van der Waals surface area contributed by atoms with Crippen LogP contribution in [0, 0.1) is 12.7 Å². The number of aldehydes is 1. The number of hydrogen-bond donors (Lipinski definition) is 1. The number of morpholine rings is 1. The van der Waals surface area contributed by atoms with E-state index in [9.17, 15) is 9.18 Å². The van der Waals surface area contributed by atoms with Gasteiger partial charge >= 0.3 is 0 Å². The summed E-state index contributed by atoms with van der Waals surface area (Å²) in [5, 5.41) is 3.16. The second-order valence-corrected chi connectivity index (χ2v) is 3.91. The third-order valence-corrected chi connectivity index (χ3v) is 2.77. The van der Waals surface area contributed by atoms with Crippen molar-refractivity contribution < 1.29 is 13.9 Å². The number of halogens is 1. The third kappa shape index (κ3) is 2.13. The monoisotopic (exact) mass is 223 g/mol. The van der Waals surface area contributed by atoms with Crippen LogP contribution in [0.5, 0.6) is 0 Å². The zero-order valence-electron chi connectivity index (χ0n) is 9.13. The van der Waals surface area contributed by atoms with Crippen molar-refractivity contribution in [1.82, 2.24) is 5.32 Å². The molecule has 0 spiro atoms. The Morgan fingerprint density at radius 2 is 2.38 bits per heavy atom. The molecule has 0 aliphatic carbocycles. The third-order valence-electron chi connectivity index (χ3n) is 2.77. The number of carbonyl (C=O) groups excluding carboxylic acids is 1. The van der Waals surface area contributed by atoms with Crippen LogP contribution < -0.4 is 5.32 Å². The second-order valence-electron chi connectivity index (χ2n) is 3.91. The predicted octanol–water partition coefficient (Wildman–Crippen LogP) is 1.61. The first kappa shape index (κ1) is 11.2. The maximum atomic E-state index is 13.5. The van der Waals surface area contributed by atoms with E-state index in [4.69, 9.17) is 4.74 Å². The standard InChI is InChI=1S/C12H14FNO2/c1-8-4-9(7-15)10(5-11(8)13)12-6-14-2-3-16-12/h4-5,7,12,14H,2-3,6H2,1H3. The van der Waals surface area contributed by atoms with Gasteiger partial charge in [0.15, 0.2) is 0 Å². The first-order chi connectivity index (χ1) is 7.72. The Balaban J connectivity index is 2.37. The van der Waals surface area contributed by atoms with E-state index in [0.29, 0.717) is 29.8 Å². The molecule has 1 atom stereocenters. The van der Waals surface area contributed by atoms with Crippen LogP contribution >= 0.6 is 0 Å². The number of benzene rings is 1. The molecule has 16 heavy (non-hydrogen) atoms. The molecule has 86 valence electrons. The van der Waals surface area contributed by atoms with Crippen molar-refractivity contribution in [3.63, 3.8) is 0 Å². The molecule has 2 rings (SSSR count). The first-order valence-corrected chi connectivity index (χ1v) is 5.30. The summed E-state index contributed by atoms with van der Waals surface area (Å²) in [6.45, 7) is 3.63. The van der Waals surface area contributed by atoms with Crippen molar-refractivity contribution in [1.29, 1.82) is 0 Å². The maximum absolute atomic E-state index is 13.5. The van der Waals surface area contributed by atoms with E-state index in [-0.39, 0.29) is 11.9 Å². The molecule has 0 bridgehead atoms. The Morgan fingerprint density at radius 3 is 3.00 bits per heavy atom. The molecular formula is C12H14FNO2. The molecule has 4 heteroatoms. The van der Waals surface area contributed by atoms with Crippen molar-refractivity contribution in [2.45, 2.75) is 13.0 Å². The molecular weight excluding hydrogens is 209 g/mol. The van der Waals surface area contributed by atoms with Gasteiger partial charge in [-0.2, -0.15) is 0 Å². The Hall–Kier alpha value is -1.26. The second kappa shape index (κ2) is 4.72. The minimum atomic E-state index is -0.297. The maximum Gasteiger partial charge on any atom is 0.150 e. The van der Waals surface area contributed by atoms with Gasteiger partial charge in [0, 0.05) is 18.7 Å². The van der Waals surface area contributed by atoms with Gasteiger partial charge in [-0.15, -0.1) is 0 Å². The molecule has 3 nitrogen and oxygen atoms in total. The van der Waals surface area contributed by atoms with Crippen molar-refractivity contribution >= 4 is 6.29 Å². The minimum absolute atomic E-state index is 0.232. The van der Waals surface area contributed by atoms with Crippen LogP contribution in [0.2, 0.25) is 0 Å². The van der Waals surface area contributed by atoms with Crippen molar-refractivity contribution in [3.05, 3.63) is 34.6 Å². The van der Waals surface area contributed by atoms with Gasteiger partial charge < -0.3 is 10.1 Å². The number of hydrogen-bond acceptors (Lipinski definition) is 3. The zero-order valence-corrected chi connectivity index (χ0v) is 9.13. The lowest BCUT2D eigenvalue weighted by Gasteiger charge is -2.25. The van der Waals surface area contributed by atoms with E-state index < -0.39 is 0 Å². The summed E-state index contributed by atoms with van der Waals surface area (Å²) in [4.78, 5) is 10.9. The number of aryl methyl sites for hydroxylation is 1. The molecule has 1 saturated heterocycles. The molecule has 1 N–H and O–H groups in total. The van der Waals surface area contributed by atoms with Gasteiger partial charge in [0.2, 0.25) is 0 Å². The first-order valence-electron chi connectivity index (χ1n) is 5.30. The van der Waals surface area contributed by atoms with Gasteiger partial charge in [-0.05, 0) is 30.2 Å². The summed E-state index contributed by atoms with van der Waals surface area (Å²) in [6, 6.07) is 2.96. The summed E-state index contributed by atoms with van der Waals surface area (Å²) in [5.74, 6) is -0.297. The van der Waals surface area contributed by atoms with Crippen molar-refractivity contribution in [2.24, 2.45) is 0 Å². The Kier molecular flexibility index (Phi) is 3.31. The molecule has 1 aromatic carbocycles. The number of nitrogens with one attached hydrogen (secondary N) is 1. The van der Waals surface area contributed by atoms with Gasteiger partial charge in [-0.25, -0.2) is 4.39 Å². The lowest BCUT2D eigenvalue weighted by atomic mass is 9.99. The zero-order chi connectivity index (χ0) is 11.5. The van der Waals surface area contributed by atoms with Gasteiger partial charge in [0.25, 0.3) is 0 Å². The lowest BCUT2D eigenvalue weighted by molar-refractivity contribution is 0.0271. The van der Waals surface area contributed by atoms with E-state index in [2.05, 4.69) is 5.32 Å². The lowest BCUT2D eigenvalue weighted by Crippen LogP contribution is -2.33. The number of ether oxygens (including phenoxy) is 1. The normalized spacial score (nSPS) is 20.8. The van der Waals surface area contributed by atoms with Crippen molar-refractivity contribution in [2.75, 3.05) is 19.7 Å². The highest BCUT2D eigenvalue weighted by molar-refractivity contribution is 5.78. The summed E-state index contributed by atoms with van der Waals surface area (Å²) < 4.78 is 19.0. The van der Waals surface area contributed by atoms with Gasteiger partial charge in [0.1, 0.15) is 12.1 Å². The van der Waals surface area contributed by atoms with Crippen LogP contribution in [0.1, 0.15) is 27.6 Å². The van der Waals surface area contributed by atoms with Crippen LogP contribution in [-0.2, 0) is 4.74 Å². The van der Waals surface area contributed by atoms with E-state index in [1.165, 1.54) is 6.07 Å². The van der Waals surface area contributed by atoms with Crippen LogP contribution in [0.4, 0.5) is 4.39 Å². The summed E-state index contributed by atoms with van der Waals surface area (Å²) in [6.07, 6.45) is 0.517. The highest BCUT2D eigenvalue weighted by atomic mass is 19.1. The fourth-order valence-corrected chi connectivity index (χ4v) is 1.87. The van der Waals surface area contributed by atoms with E-state index in [1.54, 1.807) is 13.0 Å². The van der Waals surface area contributed by atoms with E-state index in [1.807, 2.05) is 0 Å². The molecule has 1 aliphatic heterocycles. The smallest absolute Gasteiger partial charge is 0.150 e. The SMILES string of the molecule is Cc1cc(C=O)c(C2CNCCO2)cc1F. The molecule has 0 radical (unpaired) electrons. The average Bonchev–Trinajstić information content (AvgIpc) is 2.33. The topological polar surface area (TPSA) is 38.3 Å². The minimum Gasteiger partial charge on any atom is -0.371 e. The summed E-state index contributed by atoms with van der Waals surface area (Å²) in [5.41, 5.74) is 1.62. The summed E-state index contributed by atoms with van der Waals surface area (Å²) in [7, 11) is 0. The predicted molar refractivity (Wildman–Crippen MR) is 58.1 cm³/mol. The quantitative estimate of drug-likeness (QED) is 0.774. The van der Waals surface area contributed by atoms with Crippen molar-refractivity contribution in [3.8, 4) is 0 Å².